The summed E-state index contributed by atoms with van der Waals surface area (Å²) in [5.41, 5.74) is 0. The molecule has 30 heavy (non-hydrogen) atoms. The quantitative estimate of drug-likeness (QED) is 0.130. The summed E-state index contributed by atoms with van der Waals surface area (Å²) in [6, 6.07) is 0. The fourth-order valence-electron chi connectivity index (χ4n) is 2.79. The Labute approximate surface area is 205 Å². The van der Waals surface area contributed by atoms with E-state index in [-0.39, 0.29) is 42.8 Å². The molecule has 1 atom stereocenters. The minimum absolute atomic E-state index is 0. The van der Waals surface area contributed by atoms with Crippen molar-refractivity contribution in [3.63, 3.8) is 0 Å². The molecule has 0 saturated carbocycles. The molecule has 0 spiro atoms. The van der Waals surface area contributed by atoms with Gasteiger partial charge in [0.1, 0.15) is 16.7 Å². The third-order valence-corrected chi connectivity index (χ3v) is 5.58. The third-order valence-electron chi connectivity index (χ3n) is 4.53. The number of rotatable bonds is 18. The van der Waals surface area contributed by atoms with Gasteiger partial charge in [0.2, 0.25) is 0 Å². The number of Topliss-reactive ketones (excluding diaryl/α,β-unsaturated/α-hetero) is 1. The predicted octanol–water partition coefficient (Wildman–Crippen LogP) is 0.856. The maximum Gasteiger partial charge on any atom is 1.00 e. The standard InChI is InChI=1S/C21H40O7S.Na/c1-17(2)11-7-5-9-13-27-16-19(22)15-20(29(24,25)26)21(23)28-14-10-6-8-12-18(3)4;/h17-18,20H,5-16H2,1-4H3,(H,24,25,26);/q;+1/p-1. The number of unbranched alkanes of at least 4 members (excludes halogenated alkanes) is 4. The molecule has 172 valence electrons. The number of carbonyl (C=O) groups is 2. The minimum Gasteiger partial charge on any atom is -0.747 e. The molecule has 0 bridgehead atoms. The second-order valence-corrected chi connectivity index (χ2v) is 9.99. The van der Waals surface area contributed by atoms with Crippen LogP contribution in [0.1, 0.15) is 85.5 Å². The molecule has 1 unspecified atom stereocenters. The van der Waals surface area contributed by atoms with Gasteiger partial charge in [-0.25, -0.2) is 8.42 Å². The number of ether oxygens (including phenoxy) is 2. The van der Waals surface area contributed by atoms with Gasteiger partial charge in [0.05, 0.1) is 6.61 Å². The van der Waals surface area contributed by atoms with Crippen LogP contribution in [0, 0.1) is 11.8 Å². The van der Waals surface area contributed by atoms with Crippen molar-refractivity contribution in [2.24, 2.45) is 11.8 Å². The molecule has 0 aromatic heterocycles. The average Bonchev–Trinajstić information content (AvgIpc) is 2.60. The molecular formula is C21H39NaO7S. The van der Waals surface area contributed by atoms with Crippen LogP contribution in [-0.2, 0) is 29.2 Å². The number of hydrogen-bond donors (Lipinski definition) is 0. The van der Waals surface area contributed by atoms with Crippen LogP contribution in [0.3, 0.4) is 0 Å². The van der Waals surface area contributed by atoms with Crippen LogP contribution < -0.4 is 29.6 Å². The molecule has 0 heterocycles. The number of hydrogen-bond acceptors (Lipinski definition) is 7. The molecule has 0 aliphatic carbocycles. The molecule has 0 fully saturated rings. The first-order valence-corrected chi connectivity index (χ1v) is 12.2. The maximum atomic E-state index is 12.0. The number of carbonyl (C=O) groups excluding carboxylic acids is 2. The van der Waals surface area contributed by atoms with Crippen molar-refractivity contribution in [1.82, 2.24) is 0 Å². The van der Waals surface area contributed by atoms with Crippen molar-refractivity contribution in [1.29, 1.82) is 0 Å². The summed E-state index contributed by atoms with van der Waals surface area (Å²) in [5.74, 6) is -0.486. The van der Waals surface area contributed by atoms with Gasteiger partial charge in [-0.05, 0) is 24.7 Å². The summed E-state index contributed by atoms with van der Waals surface area (Å²) in [6.45, 7) is 8.69. The average molecular weight is 459 g/mol. The predicted molar refractivity (Wildman–Crippen MR) is 111 cm³/mol. The molecule has 0 amide bonds. The molecule has 7 nitrogen and oxygen atoms in total. The summed E-state index contributed by atoms with van der Waals surface area (Å²) in [4.78, 5) is 23.9. The van der Waals surface area contributed by atoms with Gasteiger partial charge in [-0.2, -0.15) is 0 Å². The number of esters is 1. The zero-order chi connectivity index (χ0) is 22.3. The first-order valence-electron chi connectivity index (χ1n) is 10.7. The zero-order valence-corrected chi connectivity index (χ0v) is 22.3. The van der Waals surface area contributed by atoms with E-state index in [9.17, 15) is 22.6 Å². The Hall–Kier alpha value is 0.0100. The van der Waals surface area contributed by atoms with Gasteiger partial charge in [-0.15, -0.1) is 0 Å². The van der Waals surface area contributed by atoms with E-state index in [0.29, 0.717) is 24.9 Å². The van der Waals surface area contributed by atoms with E-state index in [0.717, 1.165) is 44.9 Å². The topological polar surface area (TPSA) is 110 Å². The Morgan fingerprint density at radius 2 is 1.33 bits per heavy atom. The molecule has 0 aromatic carbocycles. The first-order chi connectivity index (χ1) is 13.5. The first kappa shape index (κ1) is 32.2. The smallest absolute Gasteiger partial charge is 0.747 e. The second kappa shape index (κ2) is 18.6. The van der Waals surface area contributed by atoms with E-state index in [2.05, 4.69) is 27.7 Å². The normalized spacial score (nSPS) is 12.6. The van der Waals surface area contributed by atoms with Gasteiger partial charge in [0.25, 0.3) is 0 Å². The molecular weight excluding hydrogens is 419 g/mol. The second-order valence-electron chi connectivity index (χ2n) is 8.43. The van der Waals surface area contributed by atoms with Crippen LogP contribution in [0.25, 0.3) is 0 Å². The largest absolute Gasteiger partial charge is 1.00 e. The van der Waals surface area contributed by atoms with Crippen LogP contribution >= 0.6 is 0 Å². The van der Waals surface area contributed by atoms with Gasteiger partial charge >= 0.3 is 35.5 Å². The molecule has 9 heteroatoms. The Bertz CT molecular complexity index is 562. The van der Waals surface area contributed by atoms with Gasteiger partial charge < -0.3 is 14.0 Å². The van der Waals surface area contributed by atoms with E-state index in [1.807, 2.05) is 0 Å². The van der Waals surface area contributed by atoms with Crippen LogP contribution in [0.15, 0.2) is 0 Å². The van der Waals surface area contributed by atoms with E-state index < -0.39 is 33.5 Å². The fraction of sp³-hybridized carbons (Fsp3) is 0.905. The van der Waals surface area contributed by atoms with Crippen molar-refractivity contribution in [3.05, 3.63) is 0 Å². The molecule has 0 rings (SSSR count). The maximum absolute atomic E-state index is 12.0. The van der Waals surface area contributed by atoms with Crippen LogP contribution in [0.2, 0.25) is 0 Å². The Morgan fingerprint density at radius 3 is 1.80 bits per heavy atom. The molecule has 0 N–H and O–H groups in total. The van der Waals surface area contributed by atoms with E-state index in [1.54, 1.807) is 0 Å². The molecule has 0 saturated heterocycles. The van der Waals surface area contributed by atoms with Crippen LogP contribution in [0.4, 0.5) is 0 Å². The van der Waals surface area contributed by atoms with Crippen molar-refractivity contribution in [2.45, 2.75) is 90.7 Å². The molecule has 0 aromatic rings. The Balaban J connectivity index is 0. The van der Waals surface area contributed by atoms with Crippen LogP contribution in [0.5, 0.6) is 0 Å². The van der Waals surface area contributed by atoms with E-state index >= 15 is 0 Å². The zero-order valence-electron chi connectivity index (χ0n) is 19.5. The monoisotopic (exact) mass is 458 g/mol. The van der Waals surface area contributed by atoms with Crippen molar-refractivity contribution in [2.75, 3.05) is 19.8 Å². The van der Waals surface area contributed by atoms with Crippen molar-refractivity contribution in [3.8, 4) is 0 Å². The Morgan fingerprint density at radius 1 is 0.833 bits per heavy atom. The van der Waals surface area contributed by atoms with Crippen molar-refractivity contribution < 1.29 is 61.6 Å². The van der Waals surface area contributed by atoms with Crippen LogP contribution in [-0.4, -0.2) is 49.8 Å². The summed E-state index contributed by atoms with van der Waals surface area (Å²) < 4.78 is 44.3. The molecule has 0 radical (unpaired) electrons. The summed E-state index contributed by atoms with van der Waals surface area (Å²) in [7, 11) is -4.97. The molecule has 0 aliphatic rings. The van der Waals surface area contributed by atoms with Crippen molar-refractivity contribution >= 4 is 21.9 Å². The van der Waals surface area contributed by atoms with Gasteiger partial charge in [-0.1, -0.05) is 66.2 Å². The SMILES string of the molecule is CC(C)CCCCCOCC(=O)CC(C(=O)OCCCCCC(C)C)S(=O)(=O)[O-].[Na+]. The van der Waals surface area contributed by atoms with Gasteiger partial charge in [0, 0.05) is 13.0 Å². The Kier molecular flexibility index (Phi) is 19.9. The van der Waals surface area contributed by atoms with E-state index in [1.165, 1.54) is 0 Å². The van der Waals surface area contributed by atoms with Gasteiger partial charge in [-0.3, -0.25) is 9.59 Å². The molecule has 0 aliphatic heterocycles. The van der Waals surface area contributed by atoms with Gasteiger partial charge in [0.15, 0.2) is 11.0 Å². The van der Waals surface area contributed by atoms with E-state index in [4.69, 9.17) is 9.47 Å². The summed E-state index contributed by atoms with van der Waals surface area (Å²) in [6.07, 6.45) is 6.84. The third kappa shape index (κ3) is 18.8. The summed E-state index contributed by atoms with van der Waals surface area (Å²) in [5, 5.41) is -2.00. The minimum atomic E-state index is -4.97. The summed E-state index contributed by atoms with van der Waals surface area (Å²) >= 11 is 0. The number of ketones is 1. The fourth-order valence-corrected chi connectivity index (χ4v) is 3.48.